The zero-order valence-electron chi connectivity index (χ0n) is 14.8. The summed E-state index contributed by atoms with van der Waals surface area (Å²) in [6.07, 6.45) is 4.63. The molecule has 26 heavy (non-hydrogen) atoms. The van der Waals surface area contributed by atoms with E-state index in [4.69, 9.17) is 14.5 Å². The number of nitrogens with one attached hydrogen (secondary N) is 2. The molecular formula is C20H22N4O2. The first-order valence-corrected chi connectivity index (χ1v) is 9.11. The number of hydrogen-bond donors (Lipinski definition) is 2. The van der Waals surface area contributed by atoms with Crippen LogP contribution in [-0.4, -0.2) is 29.4 Å². The Bertz CT molecular complexity index is 960. The molecule has 0 radical (unpaired) electrons. The van der Waals surface area contributed by atoms with Crippen molar-refractivity contribution < 1.29 is 9.47 Å². The lowest BCUT2D eigenvalue weighted by Gasteiger charge is -2.22. The van der Waals surface area contributed by atoms with Crippen molar-refractivity contribution >= 4 is 22.5 Å². The molecule has 1 aromatic carbocycles. The van der Waals surface area contributed by atoms with Crippen molar-refractivity contribution in [2.45, 2.75) is 18.8 Å². The van der Waals surface area contributed by atoms with Gasteiger partial charge in [0, 0.05) is 30.4 Å². The number of benzene rings is 1. The molecule has 2 aliphatic heterocycles. The van der Waals surface area contributed by atoms with Crippen molar-refractivity contribution in [2.75, 3.05) is 25.2 Å². The molecule has 0 amide bonds. The molecule has 0 bridgehead atoms. The van der Waals surface area contributed by atoms with Gasteiger partial charge in [-0.15, -0.1) is 0 Å². The van der Waals surface area contributed by atoms with E-state index in [9.17, 15) is 0 Å². The van der Waals surface area contributed by atoms with Crippen molar-refractivity contribution in [3.05, 3.63) is 42.1 Å². The van der Waals surface area contributed by atoms with Crippen LogP contribution in [0.3, 0.4) is 0 Å². The fourth-order valence-electron chi connectivity index (χ4n) is 3.93. The molecule has 3 aromatic rings. The van der Waals surface area contributed by atoms with Gasteiger partial charge < -0.3 is 24.7 Å². The Morgan fingerprint density at radius 3 is 2.85 bits per heavy atom. The van der Waals surface area contributed by atoms with Crippen molar-refractivity contribution in [3.63, 3.8) is 0 Å². The number of pyridine rings is 1. The second kappa shape index (κ2) is 6.21. The Balaban J connectivity index is 1.45. The number of fused-ring (bicyclic) bond motifs is 2. The van der Waals surface area contributed by atoms with E-state index in [1.807, 2.05) is 18.2 Å². The molecule has 0 atom stereocenters. The van der Waals surface area contributed by atoms with Gasteiger partial charge >= 0.3 is 0 Å². The quantitative estimate of drug-likeness (QED) is 0.757. The lowest BCUT2D eigenvalue weighted by molar-refractivity contribution is 0.174. The van der Waals surface area contributed by atoms with Gasteiger partial charge in [0.15, 0.2) is 11.5 Å². The summed E-state index contributed by atoms with van der Waals surface area (Å²) in [4.78, 5) is 4.84. The van der Waals surface area contributed by atoms with E-state index in [0.29, 0.717) is 5.92 Å². The third-order valence-corrected chi connectivity index (χ3v) is 5.28. The maximum atomic E-state index is 5.44. The average Bonchev–Trinajstić information content (AvgIpc) is 3.27. The fourth-order valence-corrected chi connectivity index (χ4v) is 3.93. The van der Waals surface area contributed by atoms with Crippen LogP contribution in [0.2, 0.25) is 0 Å². The summed E-state index contributed by atoms with van der Waals surface area (Å²) in [5.41, 5.74) is 3.38. The van der Waals surface area contributed by atoms with Gasteiger partial charge in [0.1, 0.15) is 11.5 Å². The predicted octanol–water partition coefficient (Wildman–Crippen LogP) is 3.51. The third-order valence-electron chi connectivity index (χ3n) is 5.28. The Labute approximate surface area is 152 Å². The van der Waals surface area contributed by atoms with Gasteiger partial charge in [-0.25, -0.2) is 4.98 Å². The standard InChI is InChI=1S/C20H22N4O2/c1-24-11-16(13-6-8-21-9-7-13)15-3-5-19(23-20(15)24)22-14-2-4-17-18(10-14)26-12-25-17/h2-5,10-11,13,21H,6-9,12H2,1H3,(H,22,23). The summed E-state index contributed by atoms with van der Waals surface area (Å²) in [5, 5.41) is 8.07. The second-order valence-corrected chi connectivity index (χ2v) is 6.98. The van der Waals surface area contributed by atoms with E-state index < -0.39 is 0 Å². The van der Waals surface area contributed by atoms with Crippen LogP contribution in [0.25, 0.3) is 11.0 Å². The molecule has 0 aliphatic carbocycles. The average molecular weight is 350 g/mol. The van der Waals surface area contributed by atoms with E-state index in [1.165, 1.54) is 23.8 Å². The van der Waals surface area contributed by atoms with Crippen molar-refractivity contribution in [1.29, 1.82) is 0 Å². The van der Waals surface area contributed by atoms with Crippen molar-refractivity contribution in [2.24, 2.45) is 7.05 Å². The normalized spacial score (nSPS) is 17.0. The van der Waals surface area contributed by atoms with Gasteiger partial charge in [0.05, 0.1) is 0 Å². The maximum Gasteiger partial charge on any atom is 0.231 e. The third kappa shape index (κ3) is 2.66. The number of hydrogen-bond acceptors (Lipinski definition) is 5. The highest BCUT2D eigenvalue weighted by Crippen LogP contribution is 2.36. The lowest BCUT2D eigenvalue weighted by atomic mass is 9.90. The highest BCUT2D eigenvalue weighted by molar-refractivity contribution is 5.83. The van der Waals surface area contributed by atoms with Crippen LogP contribution in [0.15, 0.2) is 36.5 Å². The van der Waals surface area contributed by atoms with Gasteiger partial charge in [0.2, 0.25) is 6.79 Å². The first-order chi connectivity index (χ1) is 12.8. The zero-order chi connectivity index (χ0) is 17.5. The fraction of sp³-hybridized carbons (Fsp3) is 0.350. The number of anilines is 2. The van der Waals surface area contributed by atoms with Crippen LogP contribution in [-0.2, 0) is 7.05 Å². The largest absolute Gasteiger partial charge is 0.454 e. The highest BCUT2D eigenvalue weighted by atomic mass is 16.7. The molecular weight excluding hydrogens is 328 g/mol. The molecule has 0 spiro atoms. The van der Waals surface area contributed by atoms with Gasteiger partial charge in [0.25, 0.3) is 0 Å². The van der Waals surface area contributed by atoms with Crippen LogP contribution in [0, 0.1) is 0 Å². The van der Waals surface area contributed by atoms with Crippen LogP contribution < -0.4 is 20.1 Å². The molecule has 0 saturated carbocycles. The molecule has 2 N–H and O–H groups in total. The minimum absolute atomic E-state index is 0.284. The van der Waals surface area contributed by atoms with Crippen molar-refractivity contribution in [3.8, 4) is 11.5 Å². The number of nitrogens with zero attached hydrogens (tertiary/aromatic N) is 2. The molecule has 6 nitrogen and oxygen atoms in total. The monoisotopic (exact) mass is 350 g/mol. The summed E-state index contributed by atoms with van der Waals surface area (Å²) in [6, 6.07) is 10.1. The Kier molecular flexibility index (Phi) is 3.71. The Hall–Kier alpha value is -2.73. The summed E-state index contributed by atoms with van der Waals surface area (Å²) >= 11 is 0. The number of aryl methyl sites for hydroxylation is 1. The molecule has 1 saturated heterocycles. The van der Waals surface area contributed by atoms with E-state index in [0.717, 1.165) is 41.7 Å². The molecule has 0 unspecified atom stereocenters. The number of aromatic nitrogens is 2. The lowest BCUT2D eigenvalue weighted by Crippen LogP contribution is -2.26. The van der Waals surface area contributed by atoms with Crippen LogP contribution in [0.5, 0.6) is 11.5 Å². The summed E-state index contributed by atoms with van der Waals surface area (Å²) < 4.78 is 12.9. The molecule has 2 aromatic heterocycles. The van der Waals surface area contributed by atoms with E-state index in [1.54, 1.807) is 0 Å². The number of ether oxygens (including phenoxy) is 2. The van der Waals surface area contributed by atoms with Gasteiger partial charge in [-0.3, -0.25) is 0 Å². The SMILES string of the molecule is Cn1cc(C2CCNCC2)c2ccc(Nc3ccc4c(c3)OCO4)nc21. The van der Waals surface area contributed by atoms with Gasteiger partial charge in [-0.05, 0) is 61.7 Å². The predicted molar refractivity (Wildman–Crippen MR) is 101 cm³/mol. The number of piperidine rings is 1. The highest BCUT2D eigenvalue weighted by Gasteiger charge is 2.20. The van der Waals surface area contributed by atoms with Gasteiger partial charge in [-0.1, -0.05) is 0 Å². The van der Waals surface area contributed by atoms with Crippen LogP contribution in [0.4, 0.5) is 11.5 Å². The van der Waals surface area contributed by atoms with Crippen LogP contribution >= 0.6 is 0 Å². The Morgan fingerprint density at radius 2 is 1.96 bits per heavy atom. The smallest absolute Gasteiger partial charge is 0.231 e. The second-order valence-electron chi connectivity index (χ2n) is 6.98. The van der Waals surface area contributed by atoms with Gasteiger partial charge in [-0.2, -0.15) is 0 Å². The van der Waals surface area contributed by atoms with E-state index >= 15 is 0 Å². The summed E-state index contributed by atoms with van der Waals surface area (Å²) in [5.74, 6) is 3.00. The minimum Gasteiger partial charge on any atom is -0.454 e. The molecule has 1 fully saturated rings. The molecule has 2 aliphatic rings. The van der Waals surface area contributed by atoms with Crippen molar-refractivity contribution in [1.82, 2.24) is 14.9 Å². The molecule has 5 rings (SSSR count). The summed E-state index contributed by atoms with van der Waals surface area (Å²) in [6.45, 7) is 2.47. The topological polar surface area (TPSA) is 60.3 Å². The summed E-state index contributed by atoms with van der Waals surface area (Å²) in [7, 11) is 2.07. The first kappa shape index (κ1) is 15.5. The number of rotatable bonds is 3. The molecule has 6 heteroatoms. The van der Waals surface area contributed by atoms with E-state index in [-0.39, 0.29) is 6.79 Å². The van der Waals surface area contributed by atoms with Crippen LogP contribution in [0.1, 0.15) is 24.3 Å². The zero-order valence-corrected chi connectivity index (χ0v) is 14.8. The first-order valence-electron chi connectivity index (χ1n) is 9.11. The maximum absolute atomic E-state index is 5.44. The van der Waals surface area contributed by atoms with E-state index in [2.05, 4.69) is 40.6 Å². The molecule has 134 valence electrons. The minimum atomic E-state index is 0.284. The Morgan fingerprint density at radius 1 is 1.12 bits per heavy atom. The molecule has 4 heterocycles.